The van der Waals surface area contributed by atoms with Crippen molar-refractivity contribution in [2.24, 2.45) is 0 Å². The summed E-state index contributed by atoms with van der Waals surface area (Å²) in [5.74, 6) is -0.355. The Hall–Kier alpha value is -3.60. The van der Waals surface area contributed by atoms with Gasteiger partial charge in [0.2, 0.25) is 0 Å². The topological polar surface area (TPSA) is 64.6 Å². The highest BCUT2D eigenvalue weighted by Crippen LogP contribution is 2.35. The van der Waals surface area contributed by atoms with Crippen LogP contribution in [-0.2, 0) is 22.4 Å². The molecule has 3 aromatic carbocycles. The highest BCUT2D eigenvalue weighted by molar-refractivity contribution is 6.02. The standard InChI is InChI=1S/C26H25NO4/c1-4-14-31-23-17(2)8-5-13-21(23)24(28)27-26(25(29)30-3)15-19-11-6-9-18-10-7-12-20(16-26)22(18)19/h4-13H,1,14-16H2,2-3H3,(H,27,28). The van der Waals surface area contributed by atoms with E-state index in [0.717, 1.165) is 27.5 Å². The minimum atomic E-state index is -1.20. The second kappa shape index (κ2) is 8.26. The molecular weight excluding hydrogens is 390 g/mol. The van der Waals surface area contributed by atoms with Crippen LogP contribution in [0.5, 0.6) is 5.75 Å². The predicted molar refractivity (Wildman–Crippen MR) is 120 cm³/mol. The van der Waals surface area contributed by atoms with E-state index in [1.807, 2.05) is 37.3 Å². The summed E-state index contributed by atoms with van der Waals surface area (Å²) >= 11 is 0. The molecule has 0 radical (unpaired) electrons. The van der Waals surface area contributed by atoms with E-state index in [0.29, 0.717) is 24.2 Å². The van der Waals surface area contributed by atoms with E-state index < -0.39 is 11.5 Å². The molecular formula is C26H25NO4. The Morgan fingerprint density at radius 1 is 1.06 bits per heavy atom. The molecule has 0 saturated heterocycles. The van der Waals surface area contributed by atoms with Gasteiger partial charge < -0.3 is 14.8 Å². The normalized spacial score (nSPS) is 14.0. The van der Waals surface area contributed by atoms with Crippen molar-refractivity contribution in [1.82, 2.24) is 5.32 Å². The number of para-hydroxylation sites is 1. The van der Waals surface area contributed by atoms with Gasteiger partial charge in [-0.3, -0.25) is 4.79 Å². The van der Waals surface area contributed by atoms with Gasteiger partial charge in [-0.25, -0.2) is 4.79 Å². The van der Waals surface area contributed by atoms with Crippen molar-refractivity contribution in [2.45, 2.75) is 25.3 Å². The number of aryl methyl sites for hydroxylation is 1. The third-order valence-electron chi connectivity index (χ3n) is 5.79. The van der Waals surface area contributed by atoms with Crippen LogP contribution >= 0.6 is 0 Å². The fourth-order valence-electron chi connectivity index (χ4n) is 4.44. The van der Waals surface area contributed by atoms with Gasteiger partial charge in [0, 0.05) is 12.8 Å². The van der Waals surface area contributed by atoms with Crippen molar-refractivity contribution in [3.63, 3.8) is 0 Å². The zero-order chi connectivity index (χ0) is 22.0. The van der Waals surface area contributed by atoms with Gasteiger partial charge in [-0.15, -0.1) is 0 Å². The number of methoxy groups -OCH3 is 1. The Morgan fingerprint density at radius 3 is 2.32 bits per heavy atom. The number of ether oxygens (including phenoxy) is 2. The number of nitrogens with one attached hydrogen (secondary N) is 1. The van der Waals surface area contributed by atoms with Crippen molar-refractivity contribution in [3.05, 3.63) is 89.5 Å². The van der Waals surface area contributed by atoms with Gasteiger partial charge in [0.1, 0.15) is 17.9 Å². The Balaban J connectivity index is 1.75. The summed E-state index contributed by atoms with van der Waals surface area (Å²) in [6.45, 7) is 5.83. The van der Waals surface area contributed by atoms with E-state index in [2.05, 4.69) is 24.0 Å². The quantitative estimate of drug-likeness (QED) is 0.485. The number of rotatable bonds is 6. The van der Waals surface area contributed by atoms with Gasteiger partial charge in [0.25, 0.3) is 5.91 Å². The van der Waals surface area contributed by atoms with Crippen LogP contribution in [-0.4, -0.2) is 31.1 Å². The lowest BCUT2D eigenvalue weighted by Gasteiger charge is -2.36. The first-order chi connectivity index (χ1) is 15.0. The van der Waals surface area contributed by atoms with Crippen LogP contribution in [0.15, 0.2) is 67.3 Å². The van der Waals surface area contributed by atoms with Crippen molar-refractivity contribution in [1.29, 1.82) is 0 Å². The summed E-state index contributed by atoms with van der Waals surface area (Å²) in [6, 6.07) is 17.4. The first-order valence-electron chi connectivity index (χ1n) is 10.2. The summed E-state index contributed by atoms with van der Waals surface area (Å²) in [5, 5.41) is 5.27. The third kappa shape index (κ3) is 3.67. The van der Waals surface area contributed by atoms with Crippen LogP contribution < -0.4 is 10.1 Å². The average Bonchev–Trinajstić information content (AvgIpc) is 2.77. The van der Waals surface area contributed by atoms with Gasteiger partial charge in [-0.1, -0.05) is 61.2 Å². The average molecular weight is 415 g/mol. The van der Waals surface area contributed by atoms with Gasteiger partial charge in [-0.2, -0.15) is 0 Å². The number of hydrogen-bond donors (Lipinski definition) is 1. The van der Waals surface area contributed by atoms with Crippen molar-refractivity contribution < 1.29 is 19.1 Å². The van der Waals surface area contributed by atoms with Crippen molar-refractivity contribution in [2.75, 3.05) is 13.7 Å². The summed E-state index contributed by atoms with van der Waals surface area (Å²) in [4.78, 5) is 26.4. The van der Waals surface area contributed by atoms with E-state index in [1.54, 1.807) is 18.2 Å². The Kier molecular flexibility index (Phi) is 5.51. The minimum Gasteiger partial charge on any atom is -0.488 e. The first kappa shape index (κ1) is 20.7. The predicted octanol–water partition coefficient (Wildman–Crippen LogP) is 4.15. The van der Waals surface area contributed by atoms with E-state index in [9.17, 15) is 9.59 Å². The second-order valence-electron chi connectivity index (χ2n) is 7.87. The number of hydrogen-bond acceptors (Lipinski definition) is 4. The smallest absolute Gasteiger partial charge is 0.332 e. The molecule has 1 N–H and O–H groups in total. The number of carbonyl (C=O) groups is 2. The molecule has 5 heteroatoms. The molecule has 0 saturated carbocycles. The number of amides is 1. The summed E-state index contributed by atoms with van der Waals surface area (Å²) in [5.41, 5.74) is 2.03. The fraction of sp³-hybridized carbons (Fsp3) is 0.231. The largest absolute Gasteiger partial charge is 0.488 e. The van der Waals surface area contributed by atoms with Gasteiger partial charge >= 0.3 is 5.97 Å². The van der Waals surface area contributed by atoms with E-state index in [-0.39, 0.29) is 12.5 Å². The van der Waals surface area contributed by atoms with Crippen molar-refractivity contribution in [3.8, 4) is 5.75 Å². The second-order valence-corrected chi connectivity index (χ2v) is 7.87. The van der Waals surface area contributed by atoms with E-state index in [4.69, 9.17) is 9.47 Å². The van der Waals surface area contributed by atoms with Crippen LogP contribution in [0, 0.1) is 6.92 Å². The van der Waals surface area contributed by atoms with Crippen LogP contribution in [0.1, 0.15) is 27.0 Å². The molecule has 0 spiro atoms. The lowest BCUT2D eigenvalue weighted by Crippen LogP contribution is -2.59. The molecule has 0 unspecified atom stereocenters. The molecule has 0 bridgehead atoms. The monoisotopic (exact) mass is 415 g/mol. The third-order valence-corrected chi connectivity index (χ3v) is 5.79. The van der Waals surface area contributed by atoms with E-state index in [1.165, 1.54) is 7.11 Å². The molecule has 31 heavy (non-hydrogen) atoms. The molecule has 0 fully saturated rings. The fourth-order valence-corrected chi connectivity index (χ4v) is 4.44. The van der Waals surface area contributed by atoms with E-state index >= 15 is 0 Å². The molecule has 1 aliphatic rings. The molecule has 0 heterocycles. The zero-order valence-corrected chi connectivity index (χ0v) is 17.7. The summed E-state index contributed by atoms with van der Waals surface area (Å²) in [7, 11) is 1.35. The SMILES string of the molecule is C=CCOc1c(C)cccc1C(=O)NC1(C(=O)OC)Cc2cccc3cccc(c23)C1. The van der Waals surface area contributed by atoms with Crippen LogP contribution in [0.25, 0.3) is 10.8 Å². The van der Waals surface area contributed by atoms with Crippen LogP contribution in [0.2, 0.25) is 0 Å². The maximum absolute atomic E-state index is 13.4. The van der Waals surface area contributed by atoms with Gasteiger partial charge in [-0.05, 0) is 40.5 Å². The highest BCUT2D eigenvalue weighted by atomic mass is 16.5. The zero-order valence-electron chi connectivity index (χ0n) is 17.7. The Labute approximate surface area is 181 Å². The Morgan fingerprint density at radius 2 is 1.71 bits per heavy atom. The highest BCUT2D eigenvalue weighted by Gasteiger charge is 2.45. The van der Waals surface area contributed by atoms with Crippen molar-refractivity contribution >= 4 is 22.6 Å². The molecule has 158 valence electrons. The summed E-state index contributed by atoms with van der Waals surface area (Å²) < 4.78 is 10.9. The molecule has 1 amide bonds. The van der Waals surface area contributed by atoms with Gasteiger partial charge in [0.15, 0.2) is 0 Å². The minimum absolute atomic E-state index is 0.280. The Bertz CT molecular complexity index is 1140. The maximum atomic E-state index is 13.4. The number of benzene rings is 3. The molecule has 0 aliphatic heterocycles. The number of esters is 1. The first-order valence-corrected chi connectivity index (χ1v) is 10.2. The molecule has 3 aromatic rings. The molecule has 5 nitrogen and oxygen atoms in total. The van der Waals surface area contributed by atoms with Gasteiger partial charge in [0.05, 0.1) is 12.7 Å². The number of carbonyl (C=O) groups excluding carboxylic acids is 2. The summed E-state index contributed by atoms with van der Waals surface area (Å²) in [6.07, 6.45) is 2.34. The lowest BCUT2D eigenvalue weighted by atomic mass is 9.76. The molecule has 0 aromatic heterocycles. The molecule has 4 rings (SSSR count). The van der Waals surface area contributed by atoms with Crippen LogP contribution in [0.4, 0.5) is 0 Å². The van der Waals surface area contributed by atoms with Crippen LogP contribution in [0.3, 0.4) is 0 Å². The lowest BCUT2D eigenvalue weighted by molar-refractivity contribution is -0.148. The molecule has 1 aliphatic carbocycles. The molecule has 0 atom stereocenters. The maximum Gasteiger partial charge on any atom is 0.332 e.